The van der Waals surface area contributed by atoms with Gasteiger partial charge in [-0.05, 0) is 42.8 Å². The quantitative estimate of drug-likeness (QED) is 0.627. The smallest absolute Gasteiger partial charge is 0.263 e. The van der Waals surface area contributed by atoms with Gasteiger partial charge in [0.1, 0.15) is 11.9 Å². The van der Waals surface area contributed by atoms with Crippen LogP contribution in [0.4, 0.5) is 5.69 Å². The second-order valence-electron chi connectivity index (χ2n) is 6.29. The number of nitrogens with one attached hydrogen (secondary N) is 3. The molecule has 0 fully saturated rings. The topological polar surface area (TPSA) is 116 Å². The standard InChI is InChI=1S/C19H17N5O3S/c1-12(21-18-15-4-2-3-5-17(15)28(26,27)24-18)19(25)22-14-8-6-13(7-9-14)16-10-11-20-23-16/h2-12H,1H3,(H,20,23)(H,21,24)(H,22,25)/t12-/m0/s1. The number of carbonyl (C=O) groups excluding carboxylic acids is 1. The molecule has 0 saturated carbocycles. The van der Waals surface area contributed by atoms with E-state index in [2.05, 4.69) is 25.2 Å². The van der Waals surface area contributed by atoms with E-state index in [1.165, 1.54) is 6.07 Å². The average Bonchev–Trinajstić information content (AvgIpc) is 3.30. The first-order valence-electron chi connectivity index (χ1n) is 8.55. The van der Waals surface area contributed by atoms with Crippen LogP contribution in [0.3, 0.4) is 0 Å². The molecule has 1 aliphatic heterocycles. The van der Waals surface area contributed by atoms with Crippen molar-refractivity contribution in [2.45, 2.75) is 17.9 Å². The predicted octanol–water partition coefficient (Wildman–Crippen LogP) is 2.14. The van der Waals surface area contributed by atoms with Gasteiger partial charge in [0, 0.05) is 17.4 Å². The van der Waals surface area contributed by atoms with Gasteiger partial charge in [0.25, 0.3) is 10.0 Å². The van der Waals surface area contributed by atoms with Gasteiger partial charge in [-0.3, -0.25) is 19.6 Å². The molecule has 28 heavy (non-hydrogen) atoms. The maximum Gasteiger partial charge on any atom is 0.263 e. The van der Waals surface area contributed by atoms with Gasteiger partial charge in [-0.2, -0.15) is 5.10 Å². The summed E-state index contributed by atoms with van der Waals surface area (Å²) in [6, 6.07) is 14.9. The second kappa shape index (κ2) is 6.93. The molecule has 2 aromatic carbocycles. The summed E-state index contributed by atoms with van der Waals surface area (Å²) < 4.78 is 26.7. The van der Waals surface area contributed by atoms with Gasteiger partial charge in [-0.25, -0.2) is 8.42 Å². The summed E-state index contributed by atoms with van der Waals surface area (Å²) >= 11 is 0. The van der Waals surface area contributed by atoms with Gasteiger partial charge in [0.05, 0.1) is 10.6 Å². The monoisotopic (exact) mass is 395 g/mol. The number of rotatable bonds is 4. The van der Waals surface area contributed by atoms with E-state index in [1.807, 2.05) is 18.2 Å². The minimum Gasteiger partial charge on any atom is -0.324 e. The number of carbonyl (C=O) groups is 1. The number of sulfonamides is 1. The molecule has 3 aromatic rings. The molecule has 142 valence electrons. The Morgan fingerprint density at radius 3 is 2.57 bits per heavy atom. The van der Waals surface area contributed by atoms with Gasteiger partial charge in [-0.15, -0.1) is 0 Å². The zero-order valence-corrected chi connectivity index (χ0v) is 15.7. The normalized spacial score (nSPS) is 17.0. The minimum absolute atomic E-state index is 0.163. The minimum atomic E-state index is -3.63. The van der Waals surface area contributed by atoms with E-state index < -0.39 is 16.1 Å². The Morgan fingerprint density at radius 1 is 1.11 bits per heavy atom. The lowest BCUT2D eigenvalue weighted by molar-refractivity contribution is -0.117. The fourth-order valence-corrected chi connectivity index (χ4v) is 4.12. The van der Waals surface area contributed by atoms with Gasteiger partial charge in [-0.1, -0.05) is 24.3 Å². The summed E-state index contributed by atoms with van der Waals surface area (Å²) in [7, 11) is -3.63. The lowest BCUT2D eigenvalue weighted by Gasteiger charge is -2.10. The van der Waals surface area contributed by atoms with E-state index in [4.69, 9.17) is 0 Å². The number of amidine groups is 1. The SMILES string of the molecule is C[C@H](N=C1NS(=O)(=O)c2ccccc21)C(=O)Nc1ccc(-c2ccn[nH]2)cc1. The fraction of sp³-hybridized carbons (Fsp3) is 0.105. The molecule has 0 bridgehead atoms. The molecule has 9 heteroatoms. The molecule has 8 nitrogen and oxygen atoms in total. The van der Waals surface area contributed by atoms with Crippen molar-refractivity contribution in [3.63, 3.8) is 0 Å². The van der Waals surface area contributed by atoms with Crippen LogP contribution in [-0.2, 0) is 14.8 Å². The molecule has 1 atom stereocenters. The number of anilines is 1. The summed E-state index contributed by atoms with van der Waals surface area (Å²) in [5.41, 5.74) is 2.91. The van der Waals surface area contributed by atoms with Crippen LogP contribution in [0.2, 0.25) is 0 Å². The number of hydrogen-bond acceptors (Lipinski definition) is 5. The highest BCUT2D eigenvalue weighted by molar-refractivity contribution is 7.90. The lowest BCUT2D eigenvalue weighted by Crippen LogP contribution is -2.28. The summed E-state index contributed by atoms with van der Waals surface area (Å²) in [5.74, 6) is -0.168. The Kier molecular flexibility index (Phi) is 4.44. The van der Waals surface area contributed by atoms with Crippen LogP contribution in [0.1, 0.15) is 12.5 Å². The number of hydrogen-bond donors (Lipinski definition) is 3. The Hall–Kier alpha value is -3.46. The van der Waals surface area contributed by atoms with Crippen molar-refractivity contribution in [1.82, 2.24) is 14.9 Å². The van der Waals surface area contributed by atoms with E-state index in [1.54, 1.807) is 43.5 Å². The third-order valence-corrected chi connectivity index (χ3v) is 5.73. The highest BCUT2D eigenvalue weighted by Crippen LogP contribution is 2.23. The molecule has 1 amide bonds. The first-order valence-corrected chi connectivity index (χ1v) is 10.0. The van der Waals surface area contributed by atoms with Crippen molar-refractivity contribution < 1.29 is 13.2 Å². The number of aromatic nitrogens is 2. The second-order valence-corrected chi connectivity index (χ2v) is 7.94. The van der Waals surface area contributed by atoms with Gasteiger partial charge >= 0.3 is 0 Å². The molecule has 0 radical (unpaired) electrons. The van der Waals surface area contributed by atoms with Gasteiger partial charge in [0.15, 0.2) is 0 Å². The number of nitrogens with zero attached hydrogens (tertiary/aromatic N) is 2. The number of fused-ring (bicyclic) bond motifs is 1. The molecular formula is C19H17N5O3S. The number of aliphatic imine (C=N–C) groups is 1. The van der Waals surface area contributed by atoms with Crippen LogP contribution in [-0.4, -0.2) is 36.4 Å². The van der Waals surface area contributed by atoms with E-state index in [-0.39, 0.29) is 16.6 Å². The van der Waals surface area contributed by atoms with Crippen molar-refractivity contribution in [3.05, 3.63) is 66.4 Å². The largest absolute Gasteiger partial charge is 0.324 e. The summed E-state index contributed by atoms with van der Waals surface area (Å²) in [4.78, 5) is 16.9. The summed E-state index contributed by atoms with van der Waals surface area (Å²) in [5, 5.41) is 9.57. The number of amides is 1. The maximum absolute atomic E-state index is 12.5. The molecule has 3 N–H and O–H groups in total. The average molecular weight is 395 g/mol. The third kappa shape index (κ3) is 3.39. The van der Waals surface area contributed by atoms with Crippen molar-refractivity contribution >= 4 is 27.5 Å². The summed E-state index contributed by atoms with van der Waals surface area (Å²) in [6.07, 6.45) is 1.67. The fourth-order valence-electron chi connectivity index (χ4n) is 2.88. The highest BCUT2D eigenvalue weighted by atomic mass is 32.2. The maximum atomic E-state index is 12.5. The Labute approximate surface area is 161 Å². The zero-order valence-electron chi connectivity index (χ0n) is 14.9. The molecule has 1 aliphatic rings. The molecule has 2 heterocycles. The summed E-state index contributed by atoms with van der Waals surface area (Å²) in [6.45, 7) is 1.61. The van der Waals surface area contributed by atoms with Crippen LogP contribution in [0, 0.1) is 0 Å². The lowest BCUT2D eigenvalue weighted by atomic mass is 10.1. The van der Waals surface area contributed by atoms with Crippen LogP contribution in [0.15, 0.2) is 70.7 Å². The molecular weight excluding hydrogens is 378 g/mol. The third-order valence-electron chi connectivity index (χ3n) is 4.33. The van der Waals surface area contributed by atoms with Crippen molar-refractivity contribution in [1.29, 1.82) is 0 Å². The van der Waals surface area contributed by atoms with Crippen molar-refractivity contribution in [2.24, 2.45) is 4.99 Å². The van der Waals surface area contributed by atoms with Crippen molar-refractivity contribution in [2.75, 3.05) is 5.32 Å². The van der Waals surface area contributed by atoms with Crippen LogP contribution >= 0.6 is 0 Å². The molecule has 4 rings (SSSR count). The van der Waals surface area contributed by atoms with Crippen LogP contribution < -0.4 is 10.0 Å². The van der Waals surface area contributed by atoms with Crippen molar-refractivity contribution in [3.8, 4) is 11.3 Å². The van der Waals surface area contributed by atoms with E-state index >= 15 is 0 Å². The first-order chi connectivity index (χ1) is 13.4. The van der Waals surface area contributed by atoms with E-state index in [0.29, 0.717) is 11.3 Å². The highest BCUT2D eigenvalue weighted by Gasteiger charge is 2.31. The van der Waals surface area contributed by atoms with E-state index in [9.17, 15) is 13.2 Å². The first kappa shape index (κ1) is 17.9. The molecule has 0 aliphatic carbocycles. The Bertz CT molecular complexity index is 1150. The van der Waals surface area contributed by atoms with Crippen LogP contribution in [0.25, 0.3) is 11.3 Å². The van der Waals surface area contributed by atoms with Gasteiger partial charge < -0.3 is 5.32 Å². The van der Waals surface area contributed by atoms with Gasteiger partial charge in [0.2, 0.25) is 5.91 Å². The number of H-pyrrole nitrogens is 1. The zero-order chi connectivity index (χ0) is 19.7. The van der Waals surface area contributed by atoms with E-state index in [0.717, 1.165) is 11.3 Å². The molecule has 0 unspecified atom stereocenters. The number of aromatic amines is 1. The Morgan fingerprint density at radius 2 is 1.86 bits per heavy atom. The number of benzene rings is 2. The molecule has 0 spiro atoms. The molecule has 1 aromatic heterocycles. The predicted molar refractivity (Wildman–Crippen MR) is 105 cm³/mol. The van der Waals surface area contributed by atoms with Crippen LogP contribution in [0.5, 0.6) is 0 Å². The Balaban J connectivity index is 1.49. The molecule has 0 saturated heterocycles.